The van der Waals surface area contributed by atoms with E-state index in [0.717, 1.165) is 6.42 Å². The normalized spacial score (nSPS) is 19.3. The molecule has 0 amide bonds. The lowest BCUT2D eigenvalue weighted by Crippen LogP contribution is -2.04. The fourth-order valence-electron chi connectivity index (χ4n) is 1.65. The lowest BCUT2D eigenvalue weighted by atomic mass is 10.1. The highest BCUT2D eigenvalue weighted by Gasteiger charge is 2.21. The van der Waals surface area contributed by atoms with Gasteiger partial charge >= 0.3 is 10.4 Å². The number of fused-ring (bicyclic) bond motifs is 1. The summed E-state index contributed by atoms with van der Waals surface area (Å²) in [6.07, 6.45) is 2.95. The highest BCUT2D eigenvalue weighted by molar-refractivity contribution is 7.79. The number of aromatic nitrogens is 1. The van der Waals surface area contributed by atoms with Gasteiger partial charge in [0.1, 0.15) is 0 Å². The number of pyridine rings is 1. The van der Waals surface area contributed by atoms with Crippen LogP contribution in [0, 0.1) is 0 Å². The molecule has 7 nitrogen and oxygen atoms in total. The topological polar surface area (TPSA) is 125 Å². The highest BCUT2D eigenvalue weighted by atomic mass is 32.3. The molecule has 100 valence electrons. The molecule has 1 atom stereocenters. The molecule has 0 bridgehead atoms. The summed E-state index contributed by atoms with van der Waals surface area (Å²) in [5.74, 6) is 0.0969. The maximum absolute atomic E-state index is 11.5. The van der Waals surface area contributed by atoms with E-state index in [1.807, 2.05) is 0 Å². The summed E-state index contributed by atoms with van der Waals surface area (Å²) in [5, 5.41) is 9.64. The molecule has 1 heterocycles. The Morgan fingerprint density at radius 2 is 1.94 bits per heavy atom. The number of nitrogens with zero attached hydrogens (tertiary/aromatic N) is 1. The summed E-state index contributed by atoms with van der Waals surface area (Å²) in [7, 11) is -4.67. The molecule has 0 unspecified atom stereocenters. The smallest absolute Gasteiger partial charge is 0.387 e. The zero-order chi connectivity index (χ0) is 13.8. The summed E-state index contributed by atoms with van der Waals surface area (Å²) >= 11 is 0. The van der Waals surface area contributed by atoms with Gasteiger partial charge in [-0.05, 0) is 25.0 Å². The van der Waals surface area contributed by atoms with Crippen LogP contribution in [0.3, 0.4) is 0 Å². The van der Waals surface area contributed by atoms with Crippen molar-refractivity contribution in [3.8, 4) is 0 Å². The fourth-order valence-corrected chi connectivity index (χ4v) is 1.65. The van der Waals surface area contributed by atoms with Gasteiger partial charge in [-0.3, -0.25) is 18.9 Å². The van der Waals surface area contributed by atoms with E-state index < -0.39 is 16.5 Å². The van der Waals surface area contributed by atoms with E-state index in [1.165, 1.54) is 0 Å². The van der Waals surface area contributed by atoms with Gasteiger partial charge in [0.2, 0.25) is 0 Å². The van der Waals surface area contributed by atoms with E-state index in [9.17, 15) is 9.90 Å². The lowest BCUT2D eigenvalue weighted by Gasteiger charge is -2.07. The van der Waals surface area contributed by atoms with Crippen LogP contribution in [-0.4, -0.2) is 33.4 Å². The number of aliphatic hydroxyl groups is 1. The molecule has 1 aliphatic rings. The molecule has 3 N–H and O–H groups in total. The van der Waals surface area contributed by atoms with E-state index in [4.69, 9.17) is 17.5 Å². The zero-order valence-corrected chi connectivity index (χ0v) is 10.2. The number of carbonyl (C=O) groups excluding carboxylic acids is 1. The average molecular weight is 275 g/mol. The van der Waals surface area contributed by atoms with Crippen LogP contribution >= 0.6 is 0 Å². The van der Waals surface area contributed by atoms with Crippen molar-refractivity contribution in [1.29, 1.82) is 0 Å². The molecule has 18 heavy (non-hydrogen) atoms. The predicted octanol–water partition coefficient (Wildman–Crippen LogP) is 0.829. The van der Waals surface area contributed by atoms with E-state index >= 15 is 0 Å². The maximum Gasteiger partial charge on any atom is 0.394 e. The van der Waals surface area contributed by atoms with E-state index in [-0.39, 0.29) is 5.78 Å². The van der Waals surface area contributed by atoms with Gasteiger partial charge in [-0.25, -0.2) is 0 Å². The second kappa shape index (κ2) is 6.01. The number of hydrogen-bond donors (Lipinski definition) is 3. The van der Waals surface area contributed by atoms with Gasteiger partial charge in [0.25, 0.3) is 0 Å². The first-order valence-corrected chi connectivity index (χ1v) is 6.55. The first-order chi connectivity index (χ1) is 8.29. The number of rotatable bonds is 0. The fraction of sp³-hybridized carbons (Fsp3) is 0.400. The van der Waals surface area contributed by atoms with Gasteiger partial charge in [-0.2, -0.15) is 8.42 Å². The standard InChI is InChI=1S/C10H11NO2.H2O4S/c12-8-4-1-5-9(13)10-7(8)3-2-6-11-10;1-5(2,3)4/h2-3,6,9,13H,1,4-5H2;(H2,1,2,3,4)/t9-;/m1./s1. The van der Waals surface area contributed by atoms with Crippen molar-refractivity contribution in [2.75, 3.05) is 0 Å². The van der Waals surface area contributed by atoms with E-state index in [1.54, 1.807) is 18.3 Å². The molecule has 0 saturated heterocycles. The Kier molecular flexibility index (Phi) is 4.91. The minimum absolute atomic E-state index is 0.0969. The van der Waals surface area contributed by atoms with Crippen molar-refractivity contribution < 1.29 is 27.4 Å². The molecule has 0 fully saturated rings. The van der Waals surface area contributed by atoms with E-state index in [0.29, 0.717) is 24.1 Å². The van der Waals surface area contributed by atoms with Crippen molar-refractivity contribution in [2.24, 2.45) is 0 Å². The Labute approximate surface area is 104 Å². The van der Waals surface area contributed by atoms with Gasteiger partial charge in [-0.1, -0.05) is 0 Å². The first kappa shape index (κ1) is 14.7. The molecule has 1 aromatic heterocycles. The van der Waals surface area contributed by atoms with Crippen LogP contribution < -0.4 is 0 Å². The Morgan fingerprint density at radius 3 is 2.56 bits per heavy atom. The van der Waals surface area contributed by atoms with Crippen molar-refractivity contribution in [3.63, 3.8) is 0 Å². The van der Waals surface area contributed by atoms with E-state index in [2.05, 4.69) is 4.98 Å². The predicted molar refractivity (Wildman–Crippen MR) is 61.6 cm³/mol. The van der Waals surface area contributed by atoms with Gasteiger partial charge in [-0.15, -0.1) is 0 Å². The summed E-state index contributed by atoms with van der Waals surface area (Å²) in [6, 6.07) is 3.47. The number of Topliss-reactive ketones (excluding diaryl/α,β-unsaturated/α-hetero) is 1. The number of ketones is 1. The SMILES string of the molecule is O=C1CCC[C@@H](O)c2ncccc21.O=S(=O)(O)O. The quantitative estimate of drug-likeness (QED) is 0.473. The minimum Gasteiger partial charge on any atom is -0.387 e. The van der Waals surface area contributed by atoms with Crippen molar-refractivity contribution >= 4 is 16.2 Å². The molecule has 0 spiro atoms. The third-order valence-electron chi connectivity index (χ3n) is 2.34. The lowest BCUT2D eigenvalue weighted by molar-refractivity contribution is 0.0981. The molecule has 0 aliphatic heterocycles. The van der Waals surface area contributed by atoms with Gasteiger partial charge in [0.15, 0.2) is 5.78 Å². The third-order valence-corrected chi connectivity index (χ3v) is 2.34. The molecular formula is C10H13NO6S. The molecule has 1 aromatic rings. The zero-order valence-electron chi connectivity index (χ0n) is 9.35. The van der Waals surface area contributed by atoms with Crippen molar-refractivity contribution in [2.45, 2.75) is 25.4 Å². The van der Waals surface area contributed by atoms with Crippen LogP contribution in [0.2, 0.25) is 0 Å². The second-order valence-corrected chi connectivity index (χ2v) is 4.61. The molecule has 0 aromatic carbocycles. The number of carbonyl (C=O) groups is 1. The second-order valence-electron chi connectivity index (χ2n) is 3.72. The summed E-state index contributed by atoms with van der Waals surface area (Å²) in [5.41, 5.74) is 1.14. The van der Waals surface area contributed by atoms with Crippen LogP contribution in [-0.2, 0) is 10.4 Å². The Morgan fingerprint density at radius 1 is 1.33 bits per heavy atom. The van der Waals surface area contributed by atoms with Crippen LogP contribution in [0.5, 0.6) is 0 Å². The summed E-state index contributed by atoms with van der Waals surface area (Å²) in [6.45, 7) is 0. The Hall–Kier alpha value is -1.35. The average Bonchev–Trinajstić information content (AvgIpc) is 2.39. The van der Waals surface area contributed by atoms with Gasteiger partial charge in [0, 0.05) is 18.2 Å². The Bertz CT molecular complexity index is 519. The molecule has 0 radical (unpaired) electrons. The molecular weight excluding hydrogens is 262 g/mol. The Balaban J connectivity index is 0.000000280. The third kappa shape index (κ3) is 4.88. The van der Waals surface area contributed by atoms with Crippen molar-refractivity contribution in [3.05, 3.63) is 29.6 Å². The maximum atomic E-state index is 11.5. The number of aliphatic hydroxyl groups excluding tert-OH is 1. The molecule has 0 saturated carbocycles. The van der Waals surface area contributed by atoms with Crippen LogP contribution in [0.4, 0.5) is 0 Å². The first-order valence-electron chi connectivity index (χ1n) is 5.15. The summed E-state index contributed by atoms with van der Waals surface area (Å²) < 4.78 is 31.6. The van der Waals surface area contributed by atoms with Crippen LogP contribution in [0.15, 0.2) is 18.3 Å². The molecule has 1 aliphatic carbocycles. The van der Waals surface area contributed by atoms with Crippen molar-refractivity contribution in [1.82, 2.24) is 4.98 Å². The number of hydrogen-bond acceptors (Lipinski definition) is 5. The molecule has 2 rings (SSSR count). The van der Waals surface area contributed by atoms with Crippen LogP contribution in [0.1, 0.15) is 41.4 Å². The largest absolute Gasteiger partial charge is 0.394 e. The summed E-state index contributed by atoms with van der Waals surface area (Å²) in [4.78, 5) is 15.5. The molecule has 8 heteroatoms. The highest BCUT2D eigenvalue weighted by Crippen LogP contribution is 2.26. The van der Waals surface area contributed by atoms with Gasteiger partial charge in [0.05, 0.1) is 11.8 Å². The monoisotopic (exact) mass is 275 g/mol. The van der Waals surface area contributed by atoms with Crippen LogP contribution in [0.25, 0.3) is 0 Å². The minimum atomic E-state index is -4.67. The van der Waals surface area contributed by atoms with Gasteiger partial charge < -0.3 is 5.11 Å².